The Morgan fingerprint density at radius 3 is 2.32 bits per heavy atom. The molecule has 4 nitrogen and oxygen atoms in total. The molecule has 0 unspecified atom stereocenters. The van der Waals surface area contributed by atoms with E-state index in [1.165, 1.54) is 6.07 Å². The quantitative estimate of drug-likeness (QED) is 0.889. The van der Waals surface area contributed by atoms with Crippen LogP contribution in [0.15, 0.2) is 48.5 Å². The Morgan fingerprint density at radius 1 is 1.05 bits per heavy atom. The molecule has 0 aromatic heterocycles. The van der Waals surface area contributed by atoms with Gasteiger partial charge >= 0.3 is 0 Å². The van der Waals surface area contributed by atoms with E-state index >= 15 is 0 Å². The largest absolute Gasteiger partial charge is 0.375 e. The first-order chi connectivity index (χ1) is 10.4. The van der Waals surface area contributed by atoms with Gasteiger partial charge in [-0.25, -0.2) is 17.5 Å². The first-order valence-electron chi connectivity index (χ1n) is 6.84. The molecule has 0 bridgehead atoms. The lowest BCUT2D eigenvalue weighted by Crippen LogP contribution is -2.24. The van der Waals surface area contributed by atoms with E-state index in [9.17, 15) is 12.8 Å². The Balaban J connectivity index is 2.01. The summed E-state index contributed by atoms with van der Waals surface area (Å²) in [6, 6.07) is 13.6. The van der Waals surface area contributed by atoms with E-state index in [-0.39, 0.29) is 18.1 Å². The monoisotopic (exact) mass is 322 g/mol. The molecular formula is C16H19FN2O2S. The van der Waals surface area contributed by atoms with Crippen molar-refractivity contribution >= 4 is 15.7 Å². The van der Waals surface area contributed by atoms with Gasteiger partial charge in [-0.15, -0.1) is 0 Å². The smallest absolute Gasteiger partial charge is 0.216 e. The molecule has 6 heteroatoms. The number of nitrogens with one attached hydrogen (secondary N) is 1. The van der Waals surface area contributed by atoms with Crippen molar-refractivity contribution in [2.75, 3.05) is 19.0 Å². The average molecular weight is 322 g/mol. The molecule has 0 saturated heterocycles. The Labute approximate surface area is 130 Å². The molecule has 2 aromatic carbocycles. The van der Waals surface area contributed by atoms with Crippen LogP contribution in [0.3, 0.4) is 0 Å². The average Bonchev–Trinajstić information content (AvgIpc) is 2.45. The van der Waals surface area contributed by atoms with Gasteiger partial charge in [-0.3, -0.25) is 0 Å². The van der Waals surface area contributed by atoms with Crippen LogP contribution in [0.25, 0.3) is 0 Å². The van der Waals surface area contributed by atoms with E-state index in [4.69, 9.17) is 0 Å². The second kappa shape index (κ2) is 6.89. The Bertz CT molecular complexity index is 731. The van der Waals surface area contributed by atoms with Gasteiger partial charge in [0.1, 0.15) is 5.82 Å². The molecule has 0 spiro atoms. The van der Waals surface area contributed by atoms with Crippen LogP contribution in [0.5, 0.6) is 0 Å². The Morgan fingerprint density at radius 2 is 1.73 bits per heavy atom. The van der Waals surface area contributed by atoms with Crippen LogP contribution in [-0.4, -0.2) is 22.5 Å². The molecule has 0 radical (unpaired) electrons. The van der Waals surface area contributed by atoms with Crippen molar-refractivity contribution in [3.63, 3.8) is 0 Å². The van der Waals surface area contributed by atoms with Crippen LogP contribution >= 0.6 is 0 Å². The summed E-state index contributed by atoms with van der Waals surface area (Å²) in [6.45, 7) is 0.0692. The minimum Gasteiger partial charge on any atom is -0.375 e. The van der Waals surface area contributed by atoms with Crippen molar-refractivity contribution in [3.8, 4) is 0 Å². The summed E-state index contributed by atoms with van der Waals surface area (Å²) in [4.78, 5) is 1.67. The summed E-state index contributed by atoms with van der Waals surface area (Å²) in [6.07, 6.45) is 0. The number of anilines is 1. The van der Waals surface area contributed by atoms with Crippen LogP contribution in [0.2, 0.25) is 0 Å². The third-order valence-corrected chi connectivity index (χ3v) is 4.49. The van der Waals surface area contributed by atoms with Gasteiger partial charge in [0.05, 0.1) is 11.4 Å². The zero-order valence-electron chi connectivity index (χ0n) is 12.6. The number of rotatable bonds is 6. The van der Waals surface area contributed by atoms with Gasteiger partial charge in [-0.1, -0.05) is 36.4 Å². The molecule has 0 aliphatic heterocycles. The van der Waals surface area contributed by atoms with E-state index < -0.39 is 10.0 Å². The van der Waals surface area contributed by atoms with E-state index in [0.29, 0.717) is 16.8 Å². The fourth-order valence-electron chi connectivity index (χ4n) is 2.06. The minimum atomic E-state index is -3.45. The fourth-order valence-corrected chi connectivity index (χ4v) is 3.18. The second-order valence-corrected chi connectivity index (χ2v) is 7.05. The Kier molecular flexibility index (Phi) is 5.15. The van der Waals surface area contributed by atoms with Crippen molar-refractivity contribution < 1.29 is 12.8 Å². The highest BCUT2D eigenvalue weighted by atomic mass is 32.2. The van der Waals surface area contributed by atoms with E-state index in [1.807, 2.05) is 6.07 Å². The maximum Gasteiger partial charge on any atom is 0.216 e. The summed E-state index contributed by atoms with van der Waals surface area (Å²) in [5.74, 6) is -0.462. The third kappa shape index (κ3) is 4.54. The standard InChI is InChI=1S/C16H19FN2O2S/c1-19(2)16-9-8-14(10-15(16)17)11-18-22(20,21)12-13-6-4-3-5-7-13/h3-10,18H,11-12H2,1-2H3. The zero-order valence-corrected chi connectivity index (χ0v) is 13.4. The zero-order chi connectivity index (χ0) is 16.2. The minimum absolute atomic E-state index is 0.0692. The maximum absolute atomic E-state index is 13.8. The van der Waals surface area contributed by atoms with Gasteiger partial charge < -0.3 is 4.90 Å². The van der Waals surface area contributed by atoms with Crippen molar-refractivity contribution in [1.82, 2.24) is 4.72 Å². The maximum atomic E-state index is 13.8. The number of halogens is 1. The second-order valence-electron chi connectivity index (χ2n) is 5.25. The summed E-state index contributed by atoms with van der Waals surface area (Å²) in [5.41, 5.74) is 1.76. The number of sulfonamides is 1. The van der Waals surface area contributed by atoms with Crippen molar-refractivity contribution in [2.45, 2.75) is 12.3 Å². The lowest BCUT2D eigenvalue weighted by atomic mass is 10.2. The highest BCUT2D eigenvalue weighted by Crippen LogP contribution is 2.18. The summed E-state index contributed by atoms with van der Waals surface area (Å²) in [7, 11) is 0.0463. The van der Waals surface area contributed by atoms with Crippen LogP contribution in [0.4, 0.5) is 10.1 Å². The molecule has 0 aliphatic rings. The third-order valence-electron chi connectivity index (χ3n) is 3.19. The van der Waals surface area contributed by atoms with Gasteiger partial charge in [-0.05, 0) is 23.3 Å². The highest BCUT2D eigenvalue weighted by Gasteiger charge is 2.12. The highest BCUT2D eigenvalue weighted by molar-refractivity contribution is 7.88. The lowest BCUT2D eigenvalue weighted by Gasteiger charge is -2.14. The number of hydrogen-bond acceptors (Lipinski definition) is 3. The summed E-state index contributed by atoms with van der Waals surface area (Å²) >= 11 is 0. The topological polar surface area (TPSA) is 49.4 Å². The van der Waals surface area contributed by atoms with Crippen molar-refractivity contribution in [2.24, 2.45) is 0 Å². The van der Waals surface area contributed by atoms with Gasteiger partial charge in [0, 0.05) is 20.6 Å². The van der Waals surface area contributed by atoms with Crippen LogP contribution in [-0.2, 0) is 22.3 Å². The normalized spacial score (nSPS) is 11.4. The Hall–Kier alpha value is -1.92. The van der Waals surface area contributed by atoms with Gasteiger partial charge in [0.25, 0.3) is 0 Å². The number of benzene rings is 2. The fraction of sp³-hybridized carbons (Fsp3) is 0.250. The molecule has 0 saturated carbocycles. The van der Waals surface area contributed by atoms with Crippen molar-refractivity contribution in [1.29, 1.82) is 0 Å². The van der Waals surface area contributed by atoms with E-state index in [0.717, 1.165) is 0 Å². The molecule has 2 aromatic rings. The lowest BCUT2D eigenvalue weighted by molar-refractivity contribution is 0.579. The van der Waals surface area contributed by atoms with Crippen LogP contribution < -0.4 is 9.62 Å². The molecule has 22 heavy (non-hydrogen) atoms. The van der Waals surface area contributed by atoms with E-state index in [2.05, 4.69) is 4.72 Å². The van der Waals surface area contributed by atoms with E-state index in [1.54, 1.807) is 55.4 Å². The first kappa shape index (κ1) is 16.5. The van der Waals surface area contributed by atoms with Gasteiger partial charge in [-0.2, -0.15) is 0 Å². The van der Waals surface area contributed by atoms with Crippen LogP contribution in [0, 0.1) is 5.82 Å². The number of hydrogen-bond donors (Lipinski definition) is 1. The molecular weight excluding hydrogens is 303 g/mol. The predicted molar refractivity (Wildman–Crippen MR) is 86.6 cm³/mol. The molecule has 1 N–H and O–H groups in total. The molecule has 0 amide bonds. The van der Waals surface area contributed by atoms with Gasteiger partial charge in [0.2, 0.25) is 10.0 Å². The molecule has 2 rings (SSSR count). The molecule has 118 valence electrons. The molecule has 0 atom stereocenters. The molecule has 0 fully saturated rings. The number of nitrogens with zero attached hydrogens (tertiary/aromatic N) is 1. The van der Waals surface area contributed by atoms with Crippen molar-refractivity contribution in [3.05, 3.63) is 65.5 Å². The summed E-state index contributed by atoms with van der Waals surface area (Å²) in [5, 5.41) is 0. The first-order valence-corrected chi connectivity index (χ1v) is 8.49. The SMILES string of the molecule is CN(C)c1ccc(CNS(=O)(=O)Cc2ccccc2)cc1F. The predicted octanol–water partition coefficient (Wildman–Crippen LogP) is 2.51. The molecule has 0 aliphatic carbocycles. The molecule has 0 heterocycles. The van der Waals surface area contributed by atoms with Gasteiger partial charge in [0.15, 0.2) is 0 Å². The summed E-state index contributed by atoms with van der Waals surface area (Å²) < 4.78 is 40.4. The van der Waals surface area contributed by atoms with Crippen LogP contribution in [0.1, 0.15) is 11.1 Å².